The van der Waals surface area contributed by atoms with E-state index in [-0.39, 0.29) is 0 Å². The predicted molar refractivity (Wildman–Crippen MR) is 115 cm³/mol. The molecule has 0 bridgehead atoms. The third-order valence-corrected chi connectivity index (χ3v) is 4.42. The second-order valence-corrected chi connectivity index (χ2v) is 6.52. The van der Waals surface area contributed by atoms with Crippen molar-refractivity contribution < 1.29 is 9.47 Å². The van der Waals surface area contributed by atoms with Gasteiger partial charge in [0.05, 0.1) is 7.11 Å². The Bertz CT molecular complexity index is 1080. The molecule has 0 saturated heterocycles. The minimum Gasteiger partial charge on any atom is -0.497 e. The molecule has 0 fully saturated rings. The lowest BCUT2D eigenvalue weighted by molar-refractivity contribution is 0.415. The molecule has 0 aliphatic heterocycles. The highest BCUT2D eigenvalue weighted by Crippen LogP contribution is 2.26. The normalized spacial score (nSPS) is 10.4. The first-order valence-corrected chi connectivity index (χ1v) is 9.29. The molecule has 0 atom stereocenters. The summed E-state index contributed by atoms with van der Waals surface area (Å²) in [5.41, 5.74) is 2.82. The van der Waals surface area contributed by atoms with Crippen molar-refractivity contribution in [3.05, 3.63) is 90.6 Å². The van der Waals surface area contributed by atoms with Crippen LogP contribution in [-0.2, 0) is 0 Å². The molecule has 0 amide bonds. The van der Waals surface area contributed by atoms with Crippen LogP contribution in [0.1, 0.15) is 5.56 Å². The molecule has 0 unspecified atom stereocenters. The minimum absolute atomic E-state index is 0.657. The van der Waals surface area contributed by atoms with Crippen LogP contribution in [0.25, 0.3) is 11.4 Å². The van der Waals surface area contributed by atoms with Crippen molar-refractivity contribution in [3.63, 3.8) is 0 Å². The maximum absolute atomic E-state index is 5.84. The summed E-state index contributed by atoms with van der Waals surface area (Å²) in [6.45, 7) is 1.98. The molecule has 4 aromatic rings. The van der Waals surface area contributed by atoms with E-state index < -0.39 is 0 Å². The molecule has 0 aliphatic carbocycles. The Kier molecular flexibility index (Phi) is 5.38. The molecule has 1 N–H and O–H groups in total. The van der Waals surface area contributed by atoms with Gasteiger partial charge in [0.15, 0.2) is 5.82 Å². The van der Waals surface area contributed by atoms with Gasteiger partial charge in [-0.15, -0.1) is 0 Å². The average Bonchev–Trinajstić information content (AvgIpc) is 2.77. The number of rotatable bonds is 6. The Morgan fingerprint density at radius 3 is 2.10 bits per heavy atom. The molecular formula is C24H21N3O2. The van der Waals surface area contributed by atoms with E-state index in [1.165, 1.54) is 0 Å². The first-order chi connectivity index (χ1) is 14.2. The molecule has 5 heteroatoms. The van der Waals surface area contributed by atoms with E-state index in [0.717, 1.165) is 39.9 Å². The largest absolute Gasteiger partial charge is 0.497 e. The van der Waals surface area contributed by atoms with Gasteiger partial charge in [-0.3, -0.25) is 0 Å². The van der Waals surface area contributed by atoms with Gasteiger partial charge in [-0.05, 0) is 67.6 Å². The summed E-state index contributed by atoms with van der Waals surface area (Å²) < 4.78 is 11.1. The number of hydrogen-bond donors (Lipinski definition) is 1. The van der Waals surface area contributed by atoms with Crippen LogP contribution in [0.4, 0.5) is 11.5 Å². The van der Waals surface area contributed by atoms with Gasteiger partial charge < -0.3 is 14.8 Å². The number of anilines is 2. The summed E-state index contributed by atoms with van der Waals surface area (Å²) in [4.78, 5) is 9.14. The molecule has 0 aliphatic rings. The van der Waals surface area contributed by atoms with E-state index in [0.29, 0.717) is 5.82 Å². The Balaban J connectivity index is 1.51. The van der Waals surface area contributed by atoms with Gasteiger partial charge in [-0.2, -0.15) is 0 Å². The van der Waals surface area contributed by atoms with Crippen LogP contribution in [0.15, 0.2) is 85.1 Å². The van der Waals surface area contributed by atoms with E-state index in [1.54, 1.807) is 7.11 Å². The molecule has 1 heterocycles. The van der Waals surface area contributed by atoms with Gasteiger partial charge in [-0.25, -0.2) is 9.97 Å². The number of aryl methyl sites for hydroxylation is 1. The summed E-state index contributed by atoms with van der Waals surface area (Å²) in [5.74, 6) is 3.81. The Hall–Kier alpha value is -3.86. The number of nitrogens with one attached hydrogen (secondary N) is 1. The van der Waals surface area contributed by atoms with Crippen molar-refractivity contribution in [2.75, 3.05) is 12.4 Å². The van der Waals surface area contributed by atoms with E-state index in [9.17, 15) is 0 Å². The van der Waals surface area contributed by atoms with Crippen molar-refractivity contribution in [2.24, 2.45) is 0 Å². The number of hydrogen-bond acceptors (Lipinski definition) is 5. The smallest absolute Gasteiger partial charge is 0.161 e. The maximum Gasteiger partial charge on any atom is 0.161 e. The van der Waals surface area contributed by atoms with Crippen molar-refractivity contribution >= 4 is 11.5 Å². The van der Waals surface area contributed by atoms with Crippen molar-refractivity contribution in [3.8, 4) is 28.6 Å². The molecule has 3 aromatic carbocycles. The molecule has 0 radical (unpaired) electrons. The molecule has 4 rings (SSSR count). The number of methoxy groups -OCH3 is 1. The fourth-order valence-electron chi connectivity index (χ4n) is 2.82. The molecule has 29 heavy (non-hydrogen) atoms. The number of para-hydroxylation sites is 1. The first-order valence-electron chi connectivity index (χ1n) is 9.29. The SMILES string of the molecule is COc1ccc(-c2ncc(C)c(Nc3ccc(Oc4ccccc4)cc3)n2)cc1. The van der Waals surface area contributed by atoms with Gasteiger partial charge in [0, 0.05) is 23.0 Å². The van der Waals surface area contributed by atoms with E-state index in [1.807, 2.05) is 92.0 Å². The molecule has 1 aromatic heterocycles. The zero-order chi connectivity index (χ0) is 20.1. The van der Waals surface area contributed by atoms with Crippen LogP contribution in [0.3, 0.4) is 0 Å². The summed E-state index contributed by atoms with van der Waals surface area (Å²) >= 11 is 0. The zero-order valence-corrected chi connectivity index (χ0v) is 16.3. The number of benzene rings is 3. The first kappa shape index (κ1) is 18.5. The summed E-state index contributed by atoms with van der Waals surface area (Å²) in [5, 5.41) is 3.36. The van der Waals surface area contributed by atoms with Gasteiger partial charge >= 0.3 is 0 Å². The van der Waals surface area contributed by atoms with Crippen LogP contribution in [0, 0.1) is 6.92 Å². The molecule has 5 nitrogen and oxygen atoms in total. The predicted octanol–water partition coefficient (Wildman–Crippen LogP) is 6.00. The second-order valence-electron chi connectivity index (χ2n) is 6.52. The average molecular weight is 383 g/mol. The highest BCUT2D eigenvalue weighted by Gasteiger charge is 2.07. The molecule has 0 spiro atoms. The van der Waals surface area contributed by atoms with Gasteiger partial charge in [-0.1, -0.05) is 18.2 Å². The van der Waals surface area contributed by atoms with E-state index in [4.69, 9.17) is 9.47 Å². The lowest BCUT2D eigenvalue weighted by atomic mass is 10.2. The number of aromatic nitrogens is 2. The van der Waals surface area contributed by atoms with Gasteiger partial charge in [0.2, 0.25) is 0 Å². The summed E-state index contributed by atoms with van der Waals surface area (Å²) in [6.07, 6.45) is 1.82. The van der Waals surface area contributed by atoms with E-state index in [2.05, 4.69) is 15.3 Å². The monoisotopic (exact) mass is 383 g/mol. The van der Waals surface area contributed by atoms with Crippen LogP contribution < -0.4 is 14.8 Å². The minimum atomic E-state index is 0.657. The molecule has 144 valence electrons. The Labute approximate surface area is 170 Å². The maximum atomic E-state index is 5.84. The third-order valence-electron chi connectivity index (χ3n) is 4.42. The van der Waals surface area contributed by atoms with Crippen LogP contribution in [0.2, 0.25) is 0 Å². The van der Waals surface area contributed by atoms with Crippen LogP contribution >= 0.6 is 0 Å². The van der Waals surface area contributed by atoms with Gasteiger partial charge in [0.25, 0.3) is 0 Å². The highest BCUT2D eigenvalue weighted by atomic mass is 16.5. The summed E-state index contributed by atoms with van der Waals surface area (Å²) in [6, 6.07) is 25.2. The zero-order valence-electron chi connectivity index (χ0n) is 16.3. The Morgan fingerprint density at radius 2 is 1.41 bits per heavy atom. The second kappa shape index (κ2) is 8.44. The topological polar surface area (TPSA) is 56.3 Å². The number of ether oxygens (including phenoxy) is 2. The lowest BCUT2D eigenvalue weighted by Gasteiger charge is -2.11. The van der Waals surface area contributed by atoms with E-state index >= 15 is 0 Å². The third kappa shape index (κ3) is 4.52. The quantitative estimate of drug-likeness (QED) is 0.443. The lowest BCUT2D eigenvalue weighted by Crippen LogP contribution is -2.00. The fourth-order valence-corrected chi connectivity index (χ4v) is 2.82. The van der Waals surface area contributed by atoms with Crippen LogP contribution in [0.5, 0.6) is 17.2 Å². The van der Waals surface area contributed by atoms with Crippen molar-refractivity contribution in [2.45, 2.75) is 6.92 Å². The molecular weight excluding hydrogens is 362 g/mol. The van der Waals surface area contributed by atoms with Crippen LogP contribution in [-0.4, -0.2) is 17.1 Å². The van der Waals surface area contributed by atoms with Crippen molar-refractivity contribution in [1.29, 1.82) is 0 Å². The number of nitrogens with zero attached hydrogens (tertiary/aromatic N) is 2. The standard InChI is InChI=1S/C24H21N3O2/c1-17-16-25-24(18-8-12-20(28-2)13-9-18)27-23(17)26-19-10-14-22(15-11-19)29-21-6-4-3-5-7-21/h3-16H,1-2H3,(H,25,26,27). The summed E-state index contributed by atoms with van der Waals surface area (Å²) in [7, 11) is 1.65. The Morgan fingerprint density at radius 1 is 0.759 bits per heavy atom. The highest BCUT2D eigenvalue weighted by molar-refractivity contribution is 5.64. The van der Waals surface area contributed by atoms with Gasteiger partial charge in [0.1, 0.15) is 23.1 Å². The van der Waals surface area contributed by atoms with Crippen molar-refractivity contribution in [1.82, 2.24) is 9.97 Å². The molecule has 0 saturated carbocycles. The fraction of sp³-hybridized carbons (Fsp3) is 0.0833.